The molecule has 0 bridgehead atoms. The Labute approximate surface area is 95.9 Å². The van der Waals surface area contributed by atoms with E-state index in [1.807, 2.05) is 0 Å². The fourth-order valence-corrected chi connectivity index (χ4v) is 2.57. The second kappa shape index (κ2) is 6.23. The zero-order valence-corrected chi connectivity index (χ0v) is 10.6. The maximum atomic E-state index is 3.74. The van der Waals surface area contributed by atoms with Gasteiger partial charge in [0.1, 0.15) is 0 Å². The van der Waals surface area contributed by atoms with Gasteiger partial charge in [-0.05, 0) is 30.7 Å². The summed E-state index contributed by atoms with van der Waals surface area (Å²) in [7, 11) is 0. The van der Waals surface area contributed by atoms with Crippen molar-refractivity contribution in [1.82, 2.24) is 0 Å². The van der Waals surface area contributed by atoms with E-state index in [9.17, 15) is 0 Å². The van der Waals surface area contributed by atoms with Crippen LogP contribution in [0.3, 0.4) is 0 Å². The van der Waals surface area contributed by atoms with Crippen LogP contribution >= 0.6 is 15.9 Å². The van der Waals surface area contributed by atoms with Crippen LogP contribution in [-0.4, -0.2) is 4.83 Å². The molecule has 0 fully saturated rings. The largest absolute Gasteiger partial charge is 0.0890 e. The molecule has 1 aromatic carbocycles. The van der Waals surface area contributed by atoms with Gasteiger partial charge in [-0.2, -0.15) is 0 Å². The van der Waals surface area contributed by atoms with E-state index in [2.05, 4.69) is 60.1 Å². The Morgan fingerprint density at radius 1 is 1.14 bits per heavy atom. The van der Waals surface area contributed by atoms with E-state index in [4.69, 9.17) is 0 Å². The van der Waals surface area contributed by atoms with Gasteiger partial charge < -0.3 is 0 Å². The summed E-state index contributed by atoms with van der Waals surface area (Å²) in [6, 6.07) is 10.7. The van der Waals surface area contributed by atoms with Gasteiger partial charge in [-0.3, -0.25) is 0 Å². The smallest absolute Gasteiger partial charge is 0.0151 e. The van der Waals surface area contributed by atoms with Crippen molar-refractivity contribution < 1.29 is 0 Å². The van der Waals surface area contributed by atoms with Crippen LogP contribution < -0.4 is 0 Å². The highest BCUT2D eigenvalue weighted by Gasteiger charge is 2.06. The summed E-state index contributed by atoms with van der Waals surface area (Å²) < 4.78 is 0. The molecule has 0 amide bonds. The van der Waals surface area contributed by atoms with E-state index in [-0.39, 0.29) is 0 Å². The monoisotopic (exact) mass is 254 g/mol. The van der Waals surface area contributed by atoms with Gasteiger partial charge in [0.05, 0.1) is 0 Å². The molecule has 1 unspecified atom stereocenters. The van der Waals surface area contributed by atoms with Gasteiger partial charge in [0.25, 0.3) is 0 Å². The number of aryl methyl sites for hydroxylation is 1. The standard InChI is InChI=1S/C13H19Br/c1-11(2)10-13(14)9-8-12-6-4-3-5-7-12/h3-7,11,13H,8-10H2,1-2H3. The second-order valence-electron chi connectivity index (χ2n) is 4.25. The first-order valence-electron chi connectivity index (χ1n) is 5.36. The van der Waals surface area contributed by atoms with E-state index < -0.39 is 0 Å². The first-order valence-corrected chi connectivity index (χ1v) is 6.28. The maximum Gasteiger partial charge on any atom is 0.0151 e. The van der Waals surface area contributed by atoms with Crippen molar-refractivity contribution in [2.24, 2.45) is 5.92 Å². The third kappa shape index (κ3) is 4.80. The average molecular weight is 255 g/mol. The summed E-state index contributed by atoms with van der Waals surface area (Å²) in [5, 5.41) is 0. The lowest BCUT2D eigenvalue weighted by Crippen LogP contribution is -2.04. The molecule has 0 aliphatic rings. The molecular weight excluding hydrogens is 236 g/mol. The molecule has 1 rings (SSSR count). The molecule has 0 saturated heterocycles. The lowest BCUT2D eigenvalue weighted by Gasteiger charge is -2.11. The maximum absolute atomic E-state index is 3.74. The number of hydrogen-bond donors (Lipinski definition) is 0. The predicted molar refractivity (Wildman–Crippen MR) is 66.9 cm³/mol. The molecule has 0 spiro atoms. The molecule has 0 heterocycles. The topological polar surface area (TPSA) is 0 Å². The molecule has 0 N–H and O–H groups in total. The highest BCUT2D eigenvalue weighted by atomic mass is 79.9. The van der Waals surface area contributed by atoms with Gasteiger partial charge in [-0.15, -0.1) is 0 Å². The minimum atomic E-state index is 0.669. The van der Waals surface area contributed by atoms with Crippen LogP contribution in [0.5, 0.6) is 0 Å². The SMILES string of the molecule is CC(C)CC(Br)CCc1ccccc1. The summed E-state index contributed by atoms with van der Waals surface area (Å²) in [4.78, 5) is 0.669. The Bertz CT molecular complexity index is 241. The van der Waals surface area contributed by atoms with Gasteiger partial charge >= 0.3 is 0 Å². The van der Waals surface area contributed by atoms with Crippen molar-refractivity contribution in [3.05, 3.63) is 35.9 Å². The summed E-state index contributed by atoms with van der Waals surface area (Å²) in [5.74, 6) is 0.787. The van der Waals surface area contributed by atoms with Crippen molar-refractivity contribution in [2.45, 2.75) is 37.9 Å². The second-order valence-corrected chi connectivity index (χ2v) is 5.55. The molecule has 0 nitrogen and oxygen atoms in total. The van der Waals surface area contributed by atoms with E-state index in [1.165, 1.54) is 24.8 Å². The Hall–Kier alpha value is -0.300. The lowest BCUT2D eigenvalue weighted by atomic mass is 10.0. The van der Waals surface area contributed by atoms with Crippen LogP contribution in [0, 0.1) is 5.92 Å². The van der Waals surface area contributed by atoms with Crippen molar-refractivity contribution in [3.8, 4) is 0 Å². The fourth-order valence-electron chi connectivity index (χ4n) is 1.60. The third-order valence-electron chi connectivity index (χ3n) is 2.32. The third-order valence-corrected chi connectivity index (χ3v) is 3.15. The Morgan fingerprint density at radius 2 is 1.79 bits per heavy atom. The Kier molecular flexibility index (Phi) is 5.24. The van der Waals surface area contributed by atoms with Gasteiger partial charge in [-0.25, -0.2) is 0 Å². The van der Waals surface area contributed by atoms with Gasteiger partial charge in [0, 0.05) is 4.83 Å². The van der Waals surface area contributed by atoms with Gasteiger partial charge in [-0.1, -0.05) is 60.1 Å². The molecule has 0 radical (unpaired) electrons. The molecule has 0 aliphatic carbocycles. The van der Waals surface area contributed by atoms with Crippen molar-refractivity contribution >= 4 is 15.9 Å². The number of halogens is 1. The van der Waals surface area contributed by atoms with Crippen LogP contribution in [0.1, 0.15) is 32.3 Å². The Morgan fingerprint density at radius 3 is 2.36 bits per heavy atom. The highest BCUT2D eigenvalue weighted by Crippen LogP contribution is 2.18. The normalized spacial score (nSPS) is 13.1. The molecule has 1 aromatic rings. The summed E-state index contributed by atoms with van der Waals surface area (Å²) in [6.07, 6.45) is 3.69. The molecule has 0 saturated carbocycles. The van der Waals surface area contributed by atoms with E-state index in [1.54, 1.807) is 0 Å². The van der Waals surface area contributed by atoms with Crippen LogP contribution in [0.2, 0.25) is 0 Å². The predicted octanol–water partition coefficient (Wildman–Crippen LogP) is 4.43. The molecule has 14 heavy (non-hydrogen) atoms. The minimum Gasteiger partial charge on any atom is -0.0890 e. The van der Waals surface area contributed by atoms with E-state index >= 15 is 0 Å². The molecule has 0 aromatic heterocycles. The Balaban J connectivity index is 2.27. The van der Waals surface area contributed by atoms with Gasteiger partial charge in [0.2, 0.25) is 0 Å². The fraction of sp³-hybridized carbons (Fsp3) is 0.538. The van der Waals surface area contributed by atoms with Crippen LogP contribution in [0.25, 0.3) is 0 Å². The summed E-state index contributed by atoms with van der Waals surface area (Å²) >= 11 is 3.74. The number of benzene rings is 1. The van der Waals surface area contributed by atoms with Crippen LogP contribution in [-0.2, 0) is 6.42 Å². The number of alkyl halides is 1. The number of rotatable bonds is 5. The summed E-state index contributed by atoms with van der Waals surface area (Å²) in [6.45, 7) is 4.55. The summed E-state index contributed by atoms with van der Waals surface area (Å²) in [5.41, 5.74) is 1.45. The minimum absolute atomic E-state index is 0.669. The molecule has 1 heteroatoms. The van der Waals surface area contributed by atoms with Gasteiger partial charge in [0.15, 0.2) is 0 Å². The molecule has 1 atom stereocenters. The first-order chi connectivity index (χ1) is 6.68. The van der Waals surface area contributed by atoms with Crippen molar-refractivity contribution in [3.63, 3.8) is 0 Å². The van der Waals surface area contributed by atoms with E-state index in [0.717, 1.165) is 5.92 Å². The molecule has 0 aliphatic heterocycles. The van der Waals surface area contributed by atoms with Crippen LogP contribution in [0.15, 0.2) is 30.3 Å². The number of hydrogen-bond acceptors (Lipinski definition) is 0. The quantitative estimate of drug-likeness (QED) is 0.683. The molecule has 78 valence electrons. The first kappa shape index (κ1) is 11.8. The highest BCUT2D eigenvalue weighted by molar-refractivity contribution is 9.09. The average Bonchev–Trinajstić information content (AvgIpc) is 2.15. The van der Waals surface area contributed by atoms with Crippen molar-refractivity contribution in [1.29, 1.82) is 0 Å². The van der Waals surface area contributed by atoms with E-state index in [0.29, 0.717) is 4.83 Å². The lowest BCUT2D eigenvalue weighted by molar-refractivity contribution is 0.554. The zero-order valence-electron chi connectivity index (χ0n) is 9.04. The zero-order chi connectivity index (χ0) is 10.4. The van der Waals surface area contributed by atoms with Crippen molar-refractivity contribution in [2.75, 3.05) is 0 Å². The molecular formula is C13H19Br. The van der Waals surface area contributed by atoms with Crippen LogP contribution in [0.4, 0.5) is 0 Å².